The topological polar surface area (TPSA) is 29.5 Å². The van der Waals surface area contributed by atoms with Crippen LogP contribution in [-0.2, 0) is 4.74 Å². The van der Waals surface area contributed by atoms with Crippen molar-refractivity contribution in [2.45, 2.75) is 116 Å². The van der Waals surface area contributed by atoms with E-state index in [9.17, 15) is 5.11 Å². The number of hydrogen-bond acceptors (Lipinski definition) is 2. The molecular formula is C25H44O2. The Labute approximate surface area is 167 Å². The van der Waals surface area contributed by atoms with Crippen molar-refractivity contribution < 1.29 is 9.84 Å². The van der Waals surface area contributed by atoms with Crippen molar-refractivity contribution in [1.82, 2.24) is 0 Å². The van der Waals surface area contributed by atoms with Gasteiger partial charge < -0.3 is 9.84 Å². The summed E-state index contributed by atoms with van der Waals surface area (Å²) in [6.45, 7) is 7.42. The molecule has 0 aromatic rings. The number of aliphatic hydroxyl groups is 1. The molecule has 0 spiro atoms. The van der Waals surface area contributed by atoms with Crippen LogP contribution in [0.3, 0.4) is 0 Å². The fraction of sp³-hybridized carbons (Fsp3) is 1.00. The number of hydrogen-bond donors (Lipinski definition) is 1. The van der Waals surface area contributed by atoms with Gasteiger partial charge in [-0.3, -0.25) is 0 Å². The predicted molar refractivity (Wildman–Crippen MR) is 112 cm³/mol. The number of methoxy groups -OCH3 is 1. The summed E-state index contributed by atoms with van der Waals surface area (Å²) in [5.41, 5.74) is 0.547. The van der Waals surface area contributed by atoms with Crippen molar-refractivity contribution in [2.75, 3.05) is 7.11 Å². The molecule has 8 atom stereocenters. The molecule has 2 heteroatoms. The molecule has 4 rings (SSSR count). The summed E-state index contributed by atoms with van der Waals surface area (Å²) in [7, 11) is 1.93. The Hall–Kier alpha value is -0.0800. The van der Waals surface area contributed by atoms with Crippen molar-refractivity contribution >= 4 is 0 Å². The summed E-state index contributed by atoms with van der Waals surface area (Å²) in [6.07, 6.45) is 16.9. The second-order valence-corrected chi connectivity index (χ2v) is 11.4. The molecule has 3 unspecified atom stereocenters. The van der Waals surface area contributed by atoms with Gasteiger partial charge in [0.15, 0.2) is 0 Å². The summed E-state index contributed by atoms with van der Waals surface area (Å²) in [6, 6.07) is 0. The lowest BCUT2D eigenvalue weighted by Gasteiger charge is -2.62. The molecular weight excluding hydrogens is 332 g/mol. The van der Waals surface area contributed by atoms with E-state index in [1.807, 2.05) is 7.11 Å². The highest BCUT2D eigenvalue weighted by atomic mass is 16.5. The van der Waals surface area contributed by atoms with E-state index in [2.05, 4.69) is 20.8 Å². The van der Waals surface area contributed by atoms with Gasteiger partial charge in [0.05, 0.1) is 11.7 Å². The lowest BCUT2D eigenvalue weighted by molar-refractivity contribution is -0.158. The fourth-order valence-corrected chi connectivity index (χ4v) is 8.59. The molecule has 156 valence electrons. The predicted octanol–water partition coefficient (Wildman–Crippen LogP) is 6.36. The Morgan fingerprint density at radius 1 is 0.889 bits per heavy atom. The van der Waals surface area contributed by atoms with Crippen molar-refractivity contribution in [3.8, 4) is 0 Å². The SMILES string of the molecule is CCCCCC1(O)CC[C@@]2(C)C(CC[C@@H]3[C@H]2CC[C@]2(C)C(OC)CC[C@@H]32)C1. The maximum atomic E-state index is 11.3. The molecule has 1 N–H and O–H groups in total. The highest BCUT2D eigenvalue weighted by molar-refractivity contribution is 5.10. The first-order valence-corrected chi connectivity index (χ1v) is 12.1. The maximum absolute atomic E-state index is 11.3. The van der Waals surface area contributed by atoms with E-state index in [1.165, 1.54) is 64.2 Å². The van der Waals surface area contributed by atoms with Crippen LogP contribution in [0.1, 0.15) is 104 Å². The summed E-state index contributed by atoms with van der Waals surface area (Å²) >= 11 is 0. The number of rotatable bonds is 5. The molecule has 4 saturated carbocycles. The molecule has 4 fully saturated rings. The Bertz CT molecular complexity index is 532. The molecule has 4 aliphatic rings. The first-order valence-electron chi connectivity index (χ1n) is 12.1. The number of unbranched alkanes of at least 4 members (excludes halogenated alkanes) is 2. The van der Waals surface area contributed by atoms with Crippen molar-refractivity contribution in [3.05, 3.63) is 0 Å². The Kier molecular flexibility index (Phi) is 5.47. The van der Waals surface area contributed by atoms with E-state index in [4.69, 9.17) is 4.74 Å². The zero-order valence-electron chi connectivity index (χ0n) is 18.4. The Balaban J connectivity index is 1.48. The smallest absolute Gasteiger partial charge is 0.0650 e. The van der Waals surface area contributed by atoms with Crippen LogP contribution in [0.15, 0.2) is 0 Å². The van der Waals surface area contributed by atoms with E-state index in [1.54, 1.807) is 0 Å². The monoisotopic (exact) mass is 376 g/mol. The van der Waals surface area contributed by atoms with Crippen LogP contribution in [0, 0.1) is 34.5 Å². The molecule has 0 aromatic carbocycles. The molecule has 0 radical (unpaired) electrons. The minimum Gasteiger partial charge on any atom is -0.390 e. The van der Waals surface area contributed by atoms with Crippen LogP contribution in [0.5, 0.6) is 0 Å². The van der Waals surface area contributed by atoms with Gasteiger partial charge in [-0.1, -0.05) is 40.0 Å². The van der Waals surface area contributed by atoms with Crippen LogP contribution in [-0.4, -0.2) is 23.9 Å². The average molecular weight is 377 g/mol. The van der Waals surface area contributed by atoms with E-state index in [0.29, 0.717) is 16.9 Å². The molecule has 0 amide bonds. The summed E-state index contributed by atoms with van der Waals surface area (Å²) < 4.78 is 5.94. The molecule has 2 nitrogen and oxygen atoms in total. The van der Waals surface area contributed by atoms with Crippen LogP contribution in [0.4, 0.5) is 0 Å². The summed E-state index contributed by atoms with van der Waals surface area (Å²) in [5.74, 6) is 3.44. The third kappa shape index (κ3) is 3.21. The van der Waals surface area contributed by atoms with Crippen molar-refractivity contribution in [2.24, 2.45) is 34.5 Å². The zero-order chi connectivity index (χ0) is 19.3. The lowest BCUT2D eigenvalue weighted by Crippen LogP contribution is -2.56. The van der Waals surface area contributed by atoms with Gasteiger partial charge in [0.2, 0.25) is 0 Å². The first-order chi connectivity index (χ1) is 12.9. The van der Waals surface area contributed by atoms with Crippen LogP contribution in [0.2, 0.25) is 0 Å². The van der Waals surface area contributed by atoms with Crippen LogP contribution >= 0.6 is 0 Å². The molecule has 0 heterocycles. The fourth-order valence-electron chi connectivity index (χ4n) is 8.59. The minimum atomic E-state index is -0.357. The number of ether oxygens (including phenoxy) is 1. The summed E-state index contributed by atoms with van der Waals surface area (Å²) in [4.78, 5) is 0. The van der Waals surface area contributed by atoms with Gasteiger partial charge in [-0.25, -0.2) is 0 Å². The quantitative estimate of drug-likeness (QED) is 0.566. The highest BCUT2D eigenvalue weighted by Crippen LogP contribution is 2.67. The van der Waals surface area contributed by atoms with Gasteiger partial charge >= 0.3 is 0 Å². The van der Waals surface area contributed by atoms with Crippen LogP contribution in [0.25, 0.3) is 0 Å². The van der Waals surface area contributed by atoms with Crippen molar-refractivity contribution in [1.29, 1.82) is 0 Å². The van der Waals surface area contributed by atoms with Gasteiger partial charge in [0.1, 0.15) is 0 Å². The Morgan fingerprint density at radius 3 is 2.41 bits per heavy atom. The standard InChI is InChI=1S/C25H44O2/c1-5-6-7-13-25(26)16-15-23(2)18(17-25)8-9-19-20-10-11-22(27-4)24(20,3)14-12-21(19)23/h18-22,26H,5-17H2,1-4H3/t18?,19-,20-,21+,22?,23-,24-,25?/m0/s1. The van der Waals surface area contributed by atoms with Gasteiger partial charge in [-0.2, -0.15) is 0 Å². The minimum absolute atomic E-state index is 0.357. The molecule has 0 aromatic heterocycles. The third-order valence-electron chi connectivity index (χ3n) is 10.3. The van der Waals surface area contributed by atoms with Gasteiger partial charge in [-0.15, -0.1) is 0 Å². The molecule has 0 saturated heterocycles. The van der Waals surface area contributed by atoms with Gasteiger partial charge in [0.25, 0.3) is 0 Å². The molecule has 0 aliphatic heterocycles. The second-order valence-electron chi connectivity index (χ2n) is 11.4. The van der Waals surface area contributed by atoms with Crippen LogP contribution < -0.4 is 0 Å². The highest BCUT2D eigenvalue weighted by Gasteiger charge is 2.61. The lowest BCUT2D eigenvalue weighted by atomic mass is 9.44. The first kappa shape index (κ1) is 20.2. The average Bonchev–Trinajstić information content (AvgIpc) is 2.99. The number of fused-ring (bicyclic) bond motifs is 5. The Morgan fingerprint density at radius 2 is 1.67 bits per heavy atom. The van der Waals surface area contributed by atoms with Gasteiger partial charge in [0, 0.05) is 7.11 Å². The summed E-state index contributed by atoms with van der Waals surface area (Å²) in [5, 5.41) is 11.3. The van der Waals surface area contributed by atoms with Gasteiger partial charge in [-0.05, 0) is 98.7 Å². The van der Waals surface area contributed by atoms with E-state index in [0.717, 1.165) is 42.9 Å². The normalized spacial score (nSPS) is 52.1. The largest absolute Gasteiger partial charge is 0.390 e. The molecule has 0 bridgehead atoms. The van der Waals surface area contributed by atoms with Crippen molar-refractivity contribution in [3.63, 3.8) is 0 Å². The van der Waals surface area contributed by atoms with E-state index < -0.39 is 0 Å². The zero-order valence-corrected chi connectivity index (χ0v) is 18.4. The maximum Gasteiger partial charge on any atom is 0.0650 e. The van der Waals surface area contributed by atoms with E-state index >= 15 is 0 Å². The molecule has 4 aliphatic carbocycles. The second kappa shape index (κ2) is 7.31. The molecule has 27 heavy (non-hydrogen) atoms. The third-order valence-corrected chi connectivity index (χ3v) is 10.3. The van der Waals surface area contributed by atoms with E-state index in [-0.39, 0.29) is 5.60 Å².